The lowest BCUT2D eigenvalue weighted by molar-refractivity contribution is -0.137. The standard InChI is InChI=1S/C16H18BrN3O3/c1-10-15(17)11(2)20(18-10)13-6-4-12(5-7-13)16(23)19(3)9-8-14(21)22/h4-7H,8-9H2,1-3H3,(H,21,22). The zero-order chi connectivity index (χ0) is 17.1. The number of halogens is 1. The average Bonchev–Trinajstić information content (AvgIpc) is 2.79. The zero-order valence-corrected chi connectivity index (χ0v) is 14.8. The third kappa shape index (κ3) is 3.79. The van der Waals surface area contributed by atoms with Crippen LogP contribution in [0.5, 0.6) is 0 Å². The maximum Gasteiger partial charge on any atom is 0.305 e. The van der Waals surface area contributed by atoms with Crippen LogP contribution in [0.2, 0.25) is 0 Å². The summed E-state index contributed by atoms with van der Waals surface area (Å²) in [6.07, 6.45) is -0.0693. The van der Waals surface area contributed by atoms with Crippen molar-refractivity contribution in [3.05, 3.63) is 45.7 Å². The van der Waals surface area contributed by atoms with Crippen molar-refractivity contribution >= 4 is 27.8 Å². The number of hydrogen-bond acceptors (Lipinski definition) is 3. The molecule has 0 aliphatic heterocycles. The molecule has 0 saturated carbocycles. The van der Waals surface area contributed by atoms with E-state index in [0.29, 0.717) is 5.56 Å². The van der Waals surface area contributed by atoms with Crippen LogP contribution in [0, 0.1) is 13.8 Å². The molecule has 0 aliphatic rings. The average molecular weight is 380 g/mol. The largest absolute Gasteiger partial charge is 0.481 e. The number of carbonyl (C=O) groups is 2. The van der Waals surface area contributed by atoms with Gasteiger partial charge in [-0.15, -0.1) is 0 Å². The molecule has 1 aromatic heterocycles. The van der Waals surface area contributed by atoms with Gasteiger partial charge in [0.05, 0.1) is 28.0 Å². The first-order chi connectivity index (χ1) is 10.8. The van der Waals surface area contributed by atoms with Crippen molar-refractivity contribution in [1.82, 2.24) is 14.7 Å². The van der Waals surface area contributed by atoms with Gasteiger partial charge in [0.25, 0.3) is 5.91 Å². The Morgan fingerprint density at radius 1 is 1.26 bits per heavy atom. The lowest BCUT2D eigenvalue weighted by atomic mass is 10.2. The van der Waals surface area contributed by atoms with E-state index in [1.165, 1.54) is 4.90 Å². The fourth-order valence-electron chi connectivity index (χ4n) is 2.21. The second-order valence-corrected chi connectivity index (χ2v) is 6.11. The van der Waals surface area contributed by atoms with Gasteiger partial charge in [0, 0.05) is 19.2 Å². The van der Waals surface area contributed by atoms with E-state index in [1.807, 2.05) is 30.7 Å². The Morgan fingerprint density at radius 2 is 1.87 bits per heavy atom. The maximum absolute atomic E-state index is 12.2. The maximum atomic E-state index is 12.2. The lowest BCUT2D eigenvalue weighted by Gasteiger charge is -2.16. The van der Waals surface area contributed by atoms with Crippen molar-refractivity contribution in [3.63, 3.8) is 0 Å². The van der Waals surface area contributed by atoms with Crippen LogP contribution < -0.4 is 0 Å². The predicted molar refractivity (Wildman–Crippen MR) is 90.0 cm³/mol. The molecular formula is C16H18BrN3O3. The van der Waals surface area contributed by atoms with Gasteiger partial charge in [-0.2, -0.15) is 5.10 Å². The van der Waals surface area contributed by atoms with E-state index >= 15 is 0 Å². The monoisotopic (exact) mass is 379 g/mol. The SMILES string of the molecule is Cc1nn(-c2ccc(C(=O)N(C)CCC(=O)O)cc2)c(C)c1Br. The van der Waals surface area contributed by atoms with Crippen molar-refractivity contribution in [2.24, 2.45) is 0 Å². The topological polar surface area (TPSA) is 75.4 Å². The van der Waals surface area contributed by atoms with Crippen molar-refractivity contribution in [1.29, 1.82) is 0 Å². The summed E-state index contributed by atoms with van der Waals surface area (Å²) in [5.74, 6) is -1.12. The molecular weight excluding hydrogens is 362 g/mol. The van der Waals surface area contributed by atoms with Gasteiger partial charge in [-0.25, -0.2) is 4.68 Å². The number of hydrogen-bond donors (Lipinski definition) is 1. The molecule has 23 heavy (non-hydrogen) atoms. The Kier molecular flexibility index (Phi) is 5.20. The van der Waals surface area contributed by atoms with Crippen LogP contribution in [0.3, 0.4) is 0 Å². The summed E-state index contributed by atoms with van der Waals surface area (Å²) in [5.41, 5.74) is 3.26. The molecule has 1 amide bonds. The van der Waals surface area contributed by atoms with Gasteiger partial charge in [0.1, 0.15) is 0 Å². The van der Waals surface area contributed by atoms with Gasteiger partial charge in [-0.3, -0.25) is 9.59 Å². The summed E-state index contributed by atoms with van der Waals surface area (Å²) in [6, 6.07) is 7.09. The highest BCUT2D eigenvalue weighted by Crippen LogP contribution is 2.23. The highest BCUT2D eigenvalue weighted by Gasteiger charge is 2.14. The second-order valence-electron chi connectivity index (χ2n) is 5.31. The number of carboxylic acids is 1. The second kappa shape index (κ2) is 6.95. The molecule has 0 radical (unpaired) electrons. The van der Waals surface area contributed by atoms with E-state index in [2.05, 4.69) is 21.0 Å². The Bertz CT molecular complexity index is 738. The van der Waals surface area contributed by atoms with Crippen molar-refractivity contribution in [2.45, 2.75) is 20.3 Å². The summed E-state index contributed by atoms with van der Waals surface area (Å²) in [6.45, 7) is 4.06. The number of carbonyl (C=O) groups excluding carboxylic acids is 1. The quantitative estimate of drug-likeness (QED) is 0.866. The van der Waals surface area contributed by atoms with E-state index in [4.69, 9.17) is 5.11 Å². The van der Waals surface area contributed by atoms with Crippen molar-refractivity contribution < 1.29 is 14.7 Å². The normalized spacial score (nSPS) is 10.6. The minimum atomic E-state index is -0.921. The summed E-state index contributed by atoms with van der Waals surface area (Å²) in [5, 5.41) is 13.1. The molecule has 2 aromatic rings. The van der Waals surface area contributed by atoms with Crippen molar-refractivity contribution in [3.8, 4) is 5.69 Å². The van der Waals surface area contributed by atoms with Gasteiger partial charge in [0.15, 0.2) is 0 Å². The summed E-state index contributed by atoms with van der Waals surface area (Å²) in [4.78, 5) is 24.2. The fraction of sp³-hybridized carbons (Fsp3) is 0.312. The number of rotatable bonds is 5. The van der Waals surface area contributed by atoms with E-state index in [9.17, 15) is 9.59 Å². The molecule has 0 fully saturated rings. The highest BCUT2D eigenvalue weighted by atomic mass is 79.9. The first kappa shape index (κ1) is 17.2. The number of aliphatic carboxylic acids is 1. The molecule has 0 saturated heterocycles. The molecule has 1 N–H and O–H groups in total. The van der Waals surface area contributed by atoms with Crippen LogP contribution in [0.1, 0.15) is 28.2 Å². The molecule has 7 heteroatoms. The molecule has 6 nitrogen and oxygen atoms in total. The van der Waals surface area contributed by atoms with E-state index in [-0.39, 0.29) is 18.9 Å². The lowest BCUT2D eigenvalue weighted by Crippen LogP contribution is -2.29. The summed E-state index contributed by atoms with van der Waals surface area (Å²) in [7, 11) is 1.59. The highest BCUT2D eigenvalue weighted by molar-refractivity contribution is 9.10. The number of aromatic nitrogens is 2. The summed E-state index contributed by atoms with van der Waals surface area (Å²) >= 11 is 3.49. The Labute approximate surface area is 142 Å². The van der Waals surface area contributed by atoms with Crippen LogP contribution >= 0.6 is 15.9 Å². The number of benzene rings is 1. The summed E-state index contributed by atoms with van der Waals surface area (Å²) < 4.78 is 2.77. The minimum absolute atomic E-state index is 0.0693. The van der Waals surface area contributed by atoms with Crippen LogP contribution in [-0.4, -0.2) is 45.3 Å². The molecule has 0 spiro atoms. The molecule has 122 valence electrons. The van der Waals surface area contributed by atoms with E-state index in [1.54, 1.807) is 19.2 Å². The third-order valence-electron chi connectivity index (χ3n) is 3.57. The number of aryl methyl sites for hydroxylation is 1. The van der Waals surface area contributed by atoms with Crippen LogP contribution in [-0.2, 0) is 4.79 Å². The number of amides is 1. The van der Waals surface area contributed by atoms with Crippen LogP contribution in [0.4, 0.5) is 0 Å². The predicted octanol–water partition coefficient (Wildman–Crippen LogP) is 2.80. The van der Waals surface area contributed by atoms with Gasteiger partial charge >= 0.3 is 5.97 Å². The number of carboxylic acid groups (broad SMARTS) is 1. The fourth-order valence-corrected chi connectivity index (χ4v) is 2.45. The van der Waals surface area contributed by atoms with Gasteiger partial charge < -0.3 is 10.0 Å². The first-order valence-corrected chi connectivity index (χ1v) is 7.90. The Balaban J connectivity index is 2.17. The molecule has 2 rings (SSSR count). The van der Waals surface area contributed by atoms with E-state index < -0.39 is 5.97 Å². The minimum Gasteiger partial charge on any atom is -0.481 e. The first-order valence-electron chi connectivity index (χ1n) is 7.10. The number of nitrogens with zero attached hydrogens (tertiary/aromatic N) is 3. The third-order valence-corrected chi connectivity index (χ3v) is 4.72. The van der Waals surface area contributed by atoms with Gasteiger partial charge in [-0.1, -0.05) is 0 Å². The van der Waals surface area contributed by atoms with Gasteiger partial charge in [0.2, 0.25) is 0 Å². The Hall–Kier alpha value is -2.15. The van der Waals surface area contributed by atoms with Gasteiger partial charge in [-0.05, 0) is 54.0 Å². The Morgan fingerprint density at radius 3 is 2.35 bits per heavy atom. The van der Waals surface area contributed by atoms with Crippen molar-refractivity contribution in [2.75, 3.05) is 13.6 Å². The molecule has 0 unspecified atom stereocenters. The molecule has 0 atom stereocenters. The smallest absolute Gasteiger partial charge is 0.305 e. The zero-order valence-electron chi connectivity index (χ0n) is 13.2. The van der Waals surface area contributed by atoms with Crippen LogP contribution in [0.25, 0.3) is 5.69 Å². The molecule has 0 bridgehead atoms. The molecule has 1 aromatic carbocycles. The molecule has 0 aliphatic carbocycles. The van der Waals surface area contributed by atoms with Crippen LogP contribution in [0.15, 0.2) is 28.7 Å². The van der Waals surface area contributed by atoms with E-state index in [0.717, 1.165) is 21.5 Å². The molecule has 1 heterocycles.